The average Bonchev–Trinajstić information content (AvgIpc) is 3.01. The van der Waals surface area contributed by atoms with Crippen LogP contribution in [-0.4, -0.2) is 69.7 Å². The maximum Gasteiger partial charge on any atom is 0.407 e. The third kappa shape index (κ3) is 15.3. The van der Waals surface area contributed by atoms with E-state index in [9.17, 15) is 19.2 Å². The molecule has 0 fully saturated rings. The Morgan fingerprint density at radius 3 is 1.84 bits per heavy atom. The van der Waals surface area contributed by atoms with E-state index in [4.69, 9.17) is 28.4 Å². The number of para-hydroxylation sites is 1. The average molecular weight is 613 g/mol. The molecule has 2 N–H and O–H groups in total. The summed E-state index contributed by atoms with van der Waals surface area (Å²) in [5.41, 5.74) is 1.29. The molecule has 0 saturated heterocycles. The molecule has 12 nitrogen and oxygen atoms in total. The Kier molecular flexibility index (Phi) is 16.0. The summed E-state index contributed by atoms with van der Waals surface area (Å²) < 4.78 is 32.4. The quantitative estimate of drug-likeness (QED) is 0.101. The van der Waals surface area contributed by atoms with Crippen LogP contribution in [0.5, 0.6) is 11.5 Å². The molecule has 44 heavy (non-hydrogen) atoms. The number of esters is 2. The fraction of sp³-hybridized carbons (Fsp3) is 0.375. The molecule has 0 aliphatic heterocycles. The maximum absolute atomic E-state index is 12.4. The van der Waals surface area contributed by atoms with E-state index in [1.165, 1.54) is 0 Å². The molecule has 0 aliphatic carbocycles. The summed E-state index contributed by atoms with van der Waals surface area (Å²) in [5.74, 6) is 0.109. The fourth-order valence-electron chi connectivity index (χ4n) is 3.23. The van der Waals surface area contributed by atoms with Gasteiger partial charge in [-0.05, 0) is 56.5 Å². The molecule has 0 spiro atoms. The van der Waals surface area contributed by atoms with Crippen LogP contribution in [0.4, 0.5) is 9.59 Å². The van der Waals surface area contributed by atoms with E-state index in [0.29, 0.717) is 41.1 Å². The molecule has 0 heterocycles. The van der Waals surface area contributed by atoms with Crippen LogP contribution in [-0.2, 0) is 35.1 Å². The molecular weight excluding hydrogens is 572 g/mol. The molecule has 2 aromatic carbocycles. The summed E-state index contributed by atoms with van der Waals surface area (Å²) in [6, 6.07) is 16.0. The van der Waals surface area contributed by atoms with E-state index in [2.05, 4.69) is 23.8 Å². The van der Waals surface area contributed by atoms with Crippen molar-refractivity contribution in [1.82, 2.24) is 10.6 Å². The highest BCUT2D eigenvalue weighted by molar-refractivity contribution is 5.87. The topological polar surface area (TPSA) is 148 Å². The summed E-state index contributed by atoms with van der Waals surface area (Å²) in [5, 5.41) is 5.20. The second kappa shape index (κ2) is 20.0. The Balaban J connectivity index is 1.80. The number of nitrogens with one attached hydrogen (secondary N) is 2. The number of hydrogen-bond donors (Lipinski definition) is 2. The van der Waals surface area contributed by atoms with Crippen molar-refractivity contribution in [2.24, 2.45) is 0 Å². The largest absolute Gasteiger partial charge is 0.490 e. The lowest BCUT2D eigenvalue weighted by molar-refractivity contribution is -0.139. The van der Waals surface area contributed by atoms with Crippen LogP contribution in [0.3, 0.4) is 0 Å². The highest BCUT2D eigenvalue weighted by Crippen LogP contribution is 2.16. The van der Waals surface area contributed by atoms with Gasteiger partial charge in [0.15, 0.2) is 6.10 Å². The number of carbonyl (C=O) groups is 4. The predicted octanol–water partition coefficient (Wildman–Crippen LogP) is 4.48. The van der Waals surface area contributed by atoms with Crippen molar-refractivity contribution in [2.45, 2.75) is 39.4 Å². The lowest BCUT2D eigenvalue weighted by atomic mass is 10.2. The third-order valence-electron chi connectivity index (χ3n) is 5.50. The molecule has 0 aromatic heterocycles. The van der Waals surface area contributed by atoms with Crippen molar-refractivity contribution in [3.63, 3.8) is 0 Å². The van der Waals surface area contributed by atoms with Gasteiger partial charge in [0.2, 0.25) is 0 Å². The molecule has 0 radical (unpaired) electrons. The zero-order valence-electron chi connectivity index (χ0n) is 25.1. The highest BCUT2D eigenvalue weighted by atomic mass is 16.6. The maximum atomic E-state index is 12.4. The van der Waals surface area contributed by atoms with Crippen molar-refractivity contribution in [3.05, 3.63) is 84.5 Å². The zero-order chi connectivity index (χ0) is 32.2. The summed E-state index contributed by atoms with van der Waals surface area (Å²) in [6.07, 6.45) is -1.24. The number of ether oxygens (including phenoxy) is 6. The van der Waals surface area contributed by atoms with E-state index in [1.54, 1.807) is 50.2 Å². The van der Waals surface area contributed by atoms with E-state index >= 15 is 0 Å². The molecule has 1 atom stereocenters. The van der Waals surface area contributed by atoms with Crippen molar-refractivity contribution < 1.29 is 47.6 Å². The van der Waals surface area contributed by atoms with E-state index in [0.717, 1.165) is 0 Å². The Labute approximate surface area is 257 Å². The smallest absolute Gasteiger partial charge is 0.407 e. The van der Waals surface area contributed by atoms with E-state index in [1.807, 2.05) is 18.2 Å². The van der Waals surface area contributed by atoms with Gasteiger partial charge in [-0.3, -0.25) is 0 Å². The molecule has 2 amide bonds. The van der Waals surface area contributed by atoms with Gasteiger partial charge in [-0.15, -0.1) is 0 Å². The van der Waals surface area contributed by atoms with Crippen molar-refractivity contribution >= 4 is 24.1 Å². The monoisotopic (exact) mass is 612 g/mol. The van der Waals surface area contributed by atoms with Crippen LogP contribution in [0, 0.1) is 0 Å². The molecule has 0 bridgehead atoms. The summed E-state index contributed by atoms with van der Waals surface area (Å²) >= 11 is 0. The molecule has 0 aliphatic rings. The normalized spacial score (nSPS) is 10.9. The van der Waals surface area contributed by atoms with Crippen LogP contribution in [0.25, 0.3) is 0 Å². The van der Waals surface area contributed by atoms with Gasteiger partial charge in [-0.1, -0.05) is 43.5 Å². The van der Waals surface area contributed by atoms with E-state index < -0.39 is 30.2 Å². The molecule has 1 unspecified atom stereocenters. The fourth-order valence-corrected chi connectivity index (χ4v) is 3.23. The van der Waals surface area contributed by atoms with Crippen LogP contribution in [0.1, 0.15) is 32.3 Å². The van der Waals surface area contributed by atoms with Crippen LogP contribution in [0.15, 0.2) is 78.9 Å². The van der Waals surface area contributed by atoms with Crippen LogP contribution < -0.4 is 20.1 Å². The van der Waals surface area contributed by atoms with Gasteiger partial charge in [0.05, 0.1) is 13.2 Å². The van der Waals surface area contributed by atoms with Gasteiger partial charge in [-0.2, -0.15) is 0 Å². The van der Waals surface area contributed by atoms with Gasteiger partial charge in [-0.25, -0.2) is 19.2 Å². The molecule has 238 valence electrons. The van der Waals surface area contributed by atoms with Gasteiger partial charge < -0.3 is 39.1 Å². The second-order valence-corrected chi connectivity index (χ2v) is 9.58. The van der Waals surface area contributed by atoms with Crippen LogP contribution in [0.2, 0.25) is 0 Å². The number of carbonyl (C=O) groups excluding carboxylic acids is 4. The Hall–Kier alpha value is -5.00. The first kappa shape index (κ1) is 35.2. The summed E-state index contributed by atoms with van der Waals surface area (Å²) in [7, 11) is 0. The number of hydrogen-bond acceptors (Lipinski definition) is 10. The lowest BCUT2D eigenvalue weighted by Gasteiger charge is -2.20. The molecule has 0 saturated carbocycles. The zero-order valence-corrected chi connectivity index (χ0v) is 25.1. The lowest BCUT2D eigenvalue weighted by Crippen LogP contribution is -2.36. The second-order valence-electron chi connectivity index (χ2n) is 9.58. The first-order chi connectivity index (χ1) is 21.1. The minimum atomic E-state index is -0.767. The minimum Gasteiger partial charge on any atom is -0.490 e. The number of amides is 2. The van der Waals surface area contributed by atoms with Crippen LogP contribution >= 0.6 is 0 Å². The van der Waals surface area contributed by atoms with Crippen molar-refractivity contribution in [3.8, 4) is 11.5 Å². The molecule has 2 rings (SSSR count). The summed E-state index contributed by atoms with van der Waals surface area (Å²) in [4.78, 5) is 47.2. The molecule has 2 aromatic rings. The standard InChI is InChI=1S/C32H40N2O10/c1-23(2)29(35)39-17-9-15-33-31(37)43-20-25-11-8-14-27(19-25)42-22-28(21-41-26-12-6-5-7-13-26)44-32(38)34-16-10-18-40-30(36)24(3)4/h5-8,11-14,19,28H,1,3,9-10,15-18,20-22H2,2,4H3,(H,33,37)(H,34,38). The first-order valence-electron chi connectivity index (χ1n) is 14.0. The Morgan fingerprint density at radius 1 is 0.705 bits per heavy atom. The Morgan fingerprint density at radius 2 is 1.25 bits per heavy atom. The minimum absolute atomic E-state index is 0.00515. The van der Waals surface area contributed by atoms with Gasteiger partial charge >= 0.3 is 24.1 Å². The third-order valence-corrected chi connectivity index (χ3v) is 5.50. The molecule has 12 heteroatoms. The van der Waals surface area contributed by atoms with Gasteiger partial charge in [0, 0.05) is 24.2 Å². The van der Waals surface area contributed by atoms with Gasteiger partial charge in [0.1, 0.15) is 31.3 Å². The number of benzene rings is 2. The number of alkyl carbamates (subject to hydrolysis) is 2. The van der Waals surface area contributed by atoms with E-state index in [-0.39, 0.29) is 46.1 Å². The summed E-state index contributed by atoms with van der Waals surface area (Å²) in [6.45, 7) is 10.9. The SMILES string of the molecule is C=C(C)C(=O)OCCCNC(=O)OCc1cccc(OCC(COc2ccccc2)OC(=O)NCCCOC(=O)C(=C)C)c1. The number of rotatable bonds is 19. The molecular formula is C32H40N2O10. The predicted molar refractivity (Wildman–Crippen MR) is 161 cm³/mol. The van der Waals surface area contributed by atoms with Crippen molar-refractivity contribution in [1.29, 1.82) is 0 Å². The van der Waals surface area contributed by atoms with Gasteiger partial charge in [0.25, 0.3) is 0 Å². The highest BCUT2D eigenvalue weighted by Gasteiger charge is 2.17. The first-order valence-corrected chi connectivity index (χ1v) is 14.0. The van der Waals surface area contributed by atoms with Crippen molar-refractivity contribution in [2.75, 3.05) is 39.5 Å². The Bertz CT molecular complexity index is 1250.